The summed E-state index contributed by atoms with van der Waals surface area (Å²) in [6.45, 7) is 7.67. The molecule has 0 aliphatic rings. The number of ether oxygens (including phenoxy) is 1. The molecule has 0 bridgehead atoms. The number of nitrogens with one attached hydrogen (secondary N) is 1. The molecule has 0 spiro atoms. The number of aromatic nitrogens is 1. The Morgan fingerprint density at radius 2 is 1.41 bits per heavy atom. The van der Waals surface area contributed by atoms with Crippen LogP contribution in [0.15, 0.2) is 121 Å². The molecule has 1 N–H and O–H groups in total. The zero-order valence-corrected chi connectivity index (χ0v) is 26.4. The van der Waals surface area contributed by atoms with Crippen molar-refractivity contribution in [1.82, 2.24) is 15.2 Å². The summed E-state index contributed by atoms with van der Waals surface area (Å²) in [6.07, 6.45) is 0.958. The molecule has 4 aromatic carbocycles. The highest BCUT2D eigenvalue weighted by atomic mass is 32.1. The third-order valence-electron chi connectivity index (χ3n) is 7.53. The van der Waals surface area contributed by atoms with E-state index in [1.807, 2.05) is 35.7 Å². The first kappa shape index (κ1) is 31.2. The first-order chi connectivity index (χ1) is 21.5. The van der Waals surface area contributed by atoms with Gasteiger partial charge in [0.1, 0.15) is 23.1 Å². The lowest BCUT2D eigenvalue weighted by molar-refractivity contribution is 0.0944. The van der Waals surface area contributed by atoms with Crippen molar-refractivity contribution in [3.05, 3.63) is 154 Å². The summed E-state index contributed by atoms with van der Waals surface area (Å²) >= 11 is 1.55. The van der Waals surface area contributed by atoms with Gasteiger partial charge < -0.3 is 10.1 Å². The largest absolute Gasteiger partial charge is 0.489 e. The standard InChI is InChI=1S/C38H41N3O2S/c1-29(2)24-39-38(42)36-28-44-37(40-36)26-41(23-22-35(32-14-8-4-9-15-32)33-16-10-5-11-17-33)25-30-18-20-34(21-19-30)43-27-31-12-6-3-7-13-31/h3-21,28-29,35H,22-27H2,1-2H3,(H,39,42). The van der Waals surface area contributed by atoms with Gasteiger partial charge in [-0.05, 0) is 53.3 Å². The average Bonchev–Trinajstić information content (AvgIpc) is 3.53. The Morgan fingerprint density at radius 1 is 0.795 bits per heavy atom. The number of thiazole rings is 1. The maximum Gasteiger partial charge on any atom is 0.270 e. The van der Waals surface area contributed by atoms with E-state index in [1.54, 1.807) is 11.3 Å². The van der Waals surface area contributed by atoms with E-state index in [0.717, 1.165) is 35.8 Å². The van der Waals surface area contributed by atoms with Gasteiger partial charge in [0.05, 0.1) is 6.54 Å². The van der Waals surface area contributed by atoms with Crippen LogP contribution in [0, 0.1) is 5.92 Å². The maximum absolute atomic E-state index is 12.7. The van der Waals surface area contributed by atoms with E-state index in [-0.39, 0.29) is 11.8 Å². The Balaban J connectivity index is 1.30. The zero-order chi connectivity index (χ0) is 30.6. The van der Waals surface area contributed by atoms with E-state index in [0.29, 0.717) is 31.3 Å². The smallest absolute Gasteiger partial charge is 0.270 e. The molecule has 0 saturated heterocycles. The average molecular weight is 604 g/mol. The van der Waals surface area contributed by atoms with Crippen molar-refractivity contribution in [3.63, 3.8) is 0 Å². The molecule has 5 aromatic rings. The first-order valence-corrected chi connectivity index (χ1v) is 16.2. The Morgan fingerprint density at radius 3 is 2.02 bits per heavy atom. The third kappa shape index (κ3) is 9.37. The molecule has 1 heterocycles. The molecule has 0 radical (unpaired) electrons. The second-order valence-electron chi connectivity index (χ2n) is 11.5. The van der Waals surface area contributed by atoms with E-state index >= 15 is 0 Å². The molecule has 0 aliphatic heterocycles. The van der Waals surface area contributed by atoms with Crippen molar-refractivity contribution >= 4 is 17.2 Å². The van der Waals surface area contributed by atoms with E-state index in [4.69, 9.17) is 9.72 Å². The molecule has 1 aromatic heterocycles. The van der Waals surface area contributed by atoms with E-state index in [2.05, 4.69) is 109 Å². The Hall–Kier alpha value is -4.26. The van der Waals surface area contributed by atoms with Gasteiger partial charge in [-0.15, -0.1) is 11.3 Å². The number of amides is 1. The molecule has 0 fully saturated rings. The number of nitrogens with zero attached hydrogens (tertiary/aromatic N) is 2. The van der Waals surface area contributed by atoms with Gasteiger partial charge in [-0.25, -0.2) is 4.98 Å². The molecular weight excluding hydrogens is 563 g/mol. The van der Waals surface area contributed by atoms with Gasteiger partial charge in [-0.1, -0.05) is 117 Å². The fourth-order valence-corrected chi connectivity index (χ4v) is 5.99. The summed E-state index contributed by atoms with van der Waals surface area (Å²) < 4.78 is 6.02. The molecule has 0 aliphatic carbocycles. The molecule has 6 heteroatoms. The Kier molecular flexibility index (Phi) is 11.3. The molecule has 44 heavy (non-hydrogen) atoms. The van der Waals surface area contributed by atoms with Gasteiger partial charge in [-0.3, -0.25) is 9.69 Å². The van der Waals surface area contributed by atoms with Crippen LogP contribution in [0.25, 0.3) is 0 Å². The predicted molar refractivity (Wildman–Crippen MR) is 180 cm³/mol. The van der Waals surface area contributed by atoms with Crippen molar-refractivity contribution in [3.8, 4) is 5.75 Å². The molecule has 226 valence electrons. The van der Waals surface area contributed by atoms with Gasteiger partial charge >= 0.3 is 0 Å². The quantitative estimate of drug-likeness (QED) is 0.131. The van der Waals surface area contributed by atoms with Crippen LogP contribution in [0.5, 0.6) is 5.75 Å². The number of carbonyl (C=O) groups is 1. The summed E-state index contributed by atoms with van der Waals surface area (Å²) in [5.74, 6) is 1.42. The van der Waals surface area contributed by atoms with E-state index in [9.17, 15) is 4.79 Å². The fourth-order valence-electron chi connectivity index (χ4n) is 5.18. The Bertz CT molecular complexity index is 1520. The number of hydrogen-bond donors (Lipinski definition) is 1. The number of hydrogen-bond acceptors (Lipinski definition) is 5. The van der Waals surface area contributed by atoms with Crippen LogP contribution in [-0.2, 0) is 19.7 Å². The van der Waals surface area contributed by atoms with Crippen molar-refractivity contribution in [1.29, 1.82) is 0 Å². The summed E-state index contributed by atoms with van der Waals surface area (Å²) in [5.41, 5.74) is 5.49. The number of benzene rings is 4. The fraction of sp³-hybridized carbons (Fsp3) is 0.263. The molecule has 5 rings (SSSR count). The lowest BCUT2D eigenvalue weighted by Gasteiger charge is -2.25. The van der Waals surface area contributed by atoms with Crippen LogP contribution < -0.4 is 10.1 Å². The second kappa shape index (κ2) is 16.0. The minimum Gasteiger partial charge on any atom is -0.489 e. The van der Waals surface area contributed by atoms with Crippen LogP contribution >= 0.6 is 11.3 Å². The van der Waals surface area contributed by atoms with Gasteiger partial charge in [0, 0.05) is 24.4 Å². The van der Waals surface area contributed by atoms with Gasteiger partial charge in [-0.2, -0.15) is 0 Å². The summed E-state index contributed by atoms with van der Waals surface area (Å²) in [7, 11) is 0. The SMILES string of the molecule is CC(C)CNC(=O)c1csc(CN(CCC(c2ccccc2)c2ccccc2)Cc2ccc(OCc3ccccc3)cc2)n1. The molecule has 0 unspecified atom stereocenters. The lowest BCUT2D eigenvalue weighted by Crippen LogP contribution is -2.28. The minimum absolute atomic E-state index is 0.105. The van der Waals surface area contributed by atoms with Crippen LogP contribution in [0.2, 0.25) is 0 Å². The van der Waals surface area contributed by atoms with E-state index < -0.39 is 0 Å². The van der Waals surface area contributed by atoms with Gasteiger partial charge in [0.2, 0.25) is 0 Å². The minimum atomic E-state index is -0.105. The predicted octanol–water partition coefficient (Wildman–Crippen LogP) is 8.33. The molecule has 0 saturated carbocycles. The molecule has 5 nitrogen and oxygen atoms in total. The summed E-state index contributed by atoms with van der Waals surface area (Å²) in [5, 5.41) is 5.80. The zero-order valence-electron chi connectivity index (χ0n) is 25.6. The van der Waals surface area contributed by atoms with Crippen molar-refractivity contribution < 1.29 is 9.53 Å². The van der Waals surface area contributed by atoms with Gasteiger partial charge in [0.15, 0.2) is 0 Å². The third-order valence-corrected chi connectivity index (χ3v) is 8.36. The van der Waals surface area contributed by atoms with Crippen LogP contribution in [-0.4, -0.2) is 28.9 Å². The molecular formula is C38H41N3O2S. The summed E-state index contributed by atoms with van der Waals surface area (Å²) in [6, 6.07) is 40.1. The van der Waals surface area contributed by atoms with E-state index in [1.165, 1.54) is 16.7 Å². The number of carbonyl (C=O) groups excluding carboxylic acids is 1. The van der Waals surface area contributed by atoms with Crippen LogP contribution in [0.1, 0.15) is 63.9 Å². The van der Waals surface area contributed by atoms with Crippen molar-refractivity contribution in [2.75, 3.05) is 13.1 Å². The van der Waals surface area contributed by atoms with Gasteiger partial charge in [0.25, 0.3) is 5.91 Å². The van der Waals surface area contributed by atoms with Crippen molar-refractivity contribution in [2.45, 2.75) is 45.9 Å². The van der Waals surface area contributed by atoms with Crippen molar-refractivity contribution in [2.24, 2.45) is 5.92 Å². The maximum atomic E-state index is 12.7. The normalized spacial score (nSPS) is 11.3. The second-order valence-corrected chi connectivity index (χ2v) is 12.5. The molecule has 1 amide bonds. The highest BCUT2D eigenvalue weighted by Crippen LogP contribution is 2.29. The lowest BCUT2D eigenvalue weighted by atomic mass is 9.88. The first-order valence-electron chi connectivity index (χ1n) is 15.3. The highest BCUT2D eigenvalue weighted by molar-refractivity contribution is 7.09. The number of rotatable bonds is 15. The Labute approximate surface area is 265 Å². The summed E-state index contributed by atoms with van der Waals surface area (Å²) in [4.78, 5) is 19.8. The molecule has 0 atom stereocenters. The van der Waals surface area contributed by atoms with Crippen LogP contribution in [0.4, 0.5) is 0 Å². The topological polar surface area (TPSA) is 54.5 Å². The monoisotopic (exact) mass is 603 g/mol. The van der Waals surface area contributed by atoms with Crippen LogP contribution in [0.3, 0.4) is 0 Å². The highest BCUT2D eigenvalue weighted by Gasteiger charge is 2.18.